The van der Waals surface area contributed by atoms with Crippen LogP contribution in [-0.2, 0) is 29.6 Å². The Hall–Kier alpha value is -3.45. The van der Waals surface area contributed by atoms with Gasteiger partial charge in [-0.3, -0.25) is 15.0 Å². The molecule has 0 radical (unpaired) electrons. The Morgan fingerprint density at radius 2 is 1.94 bits per heavy atom. The maximum absolute atomic E-state index is 11.8. The molecule has 1 aromatic heterocycles. The Labute approximate surface area is 202 Å². The van der Waals surface area contributed by atoms with E-state index in [0.717, 1.165) is 5.56 Å². The molecule has 35 heavy (non-hydrogen) atoms. The van der Waals surface area contributed by atoms with Gasteiger partial charge < -0.3 is 19.3 Å². The predicted molar refractivity (Wildman–Crippen MR) is 123 cm³/mol. The van der Waals surface area contributed by atoms with Crippen LogP contribution in [0.2, 0.25) is 0 Å². The van der Waals surface area contributed by atoms with Gasteiger partial charge in [0.15, 0.2) is 17.7 Å². The van der Waals surface area contributed by atoms with Crippen LogP contribution in [0.25, 0.3) is 0 Å². The van der Waals surface area contributed by atoms with E-state index in [9.17, 15) is 15.2 Å². The smallest absolute Gasteiger partial charge is 0.270 e. The van der Waals surface area contributed by atoms with Gasteiger partial charge in [-0.1, -0.05) is 30.3 Å². The molecule has 0 spiro atoms. The van der Waals surface area contributed by atoms with Gasteiger partial charge in [-0.2, -0.15) is 4.80 Å². The van der Waals surface area contributed by atoms with E-state index >= 15 is 0 Å². The summed E-state index contributed by atoms with van der Waals surface area (Å²) < 4.78 is 17.2. The molecule has 0 saturated carbocycles. The molecule has 0 unspecified atom stereocenters. The molecule has 0 fully saturated rings. The minimum Gasteiger partial charge on any atom is -0.479 e. The average Bonchev–Trinajstić information content (AvgIpc) is 3.25. The molecule has 12 heteroatoms. The summed E-state index contributed by atoms with van der Waals surface area (Å²) in [6, 6.07) is 13.3. The highest BCUT2D eigenvalue weighted by molar-refractivity contribution is 5.48. The van der Waals surface area contributed by atoms with E-state index in [1.807, 2.05) is 35.2 Å². The molecule has 1 aliphatic heterocycles. The number of aliphatic hydroxyl groups is 1. The van der Waals surface area contributed by atoms with E-state index in [1.165, 1.54) is 37.2 Å². The number of hydrogen-bond acceptors (Lipinski definition) is 10. The van der Waals surface area contributed by atoms with E-state index < -0.39 is 29.0 Å². The van der Waals surface area contributed by atoms with Crippen molar-refractivity contribution in [2.24, 2.45) is 7.05 Å². The van der Waals surface area contributed by atoms with Crippen molar-refractivity contribution in [1.29, 1.82) is 0 Å². The van der Waals surface area contributed by atoms with Gasteiger partial charge in [-0.15, -0.1) is 10.2 Å². The lowest BCUT2D eigenvalue weighted by atomic mass is 9.83. The van der Waals surface area contributed by atoms with E-state index in [2.05, 4.69) is 15.4 Å². The third kappa shape index (κ3) is 4.86. The summed E-state index contributed by atoms with van der Waals surface area (Å²) in [6.45, 7) is 2.30. The number of fused-ring (bicyclic) bond motifs is 1. The van der Waals surface area contributed by atoms with Gasteiger partial charge in [-0.05, 0) is 23.8 Å². The third-order valence-electron chi connectivity index (χ3n) is 6.15. The second kappa shape index (κ2) is 10.0. The molecule has 12 nitrogen and oxygen atoms in total. The van der Waals surface area contributed by atoms with Gasteiger partial charge in [0, 0.05) is 38.5 Å². The molecule has 3 aromatic rings. The lowest BCUT2D eigenvalue weighted by Gasteiger charge is -2.49. The number of tetrazole rings is 1. The summed E-state index contributed by atoms with van der Waals surface area (Å²) in [5.74, 6) is 0.823. The fourth-order valence-corrected chi connectivity index (χ4v) is 4.54. The van der Waals surface area contributed by atoms with Crippen LogP contribution in [0.15, 0.2) is 48.5 Å². The molecule has 3 atom stereocenters. The number of nitrogens with zero attached hydrogens (tertiary/aromatic N) is 6. The molecule has 1 N–H and O–H groups in total. The van der Waals surface area contributed by atoms with Crippen molar-refractivity contribution in [1.82, 2.24) is 25.1 Å². The van der Waals surface area contributed by atoms with Crippen LogP contribution >= 0.6 is 0 Å². The monoisotopic (exact) mass is 484 g/mol. The van der Waals surface area contributed by atoms with Crippen LogP contribution in [0.3, 0.4) is 0 Å². The van der Waals surface area contributed by atoms with E-state index in [1.54, 1.807) is 14.0 Å². The molecule has 186 valence electrons. The van der Waals surface area contributed by atoms with E-state index in [0.29, 0.717) is 23.7 Å². The number of aryl methyl sites for hydroxylation is 1. The van der Waals surface area contributed by atoms with Gasteiger partial charge in [-0.25, -0.2) is 0 Å². The number of non-ortho nitro benzene ring substituents is 1. The summed E-state index contributed by atoms with van der Waals surface area (Å²) in [7, 11) is 4.58. The van der Waals surface area contributed by atoms with Crippen molar-refractivity contribution in [3.05, 3.63) is 75.6 Å². The largest absolute Gasteiger partial charge is 0.479 e. The molecule has 0 amide bonds. The normalized spacial score (nSPS) is 21.7. The van der Waals surface area contributed by atoms with Crippen LogP contribution in [0.1, 0.15) is 29.9 Å². The Balaban J connectivity index is 1.86. The van der Waals surface area contributed by atoms with E-state index in [4.69, 9.17) is 14.2 Å². The summed E-state index contributed by atoms with van der Waals surface area (Å²) in [5, 5.41) is 35.7. The number of ether oxygens (including phenoxy) is 3. The number of aromatic nitrogens is 4. The Morgan fingerprint density at radius 3 is 2.54 bits per heavy atom. The summed E-state index contributed by atoms with van der Waals surface area (Å²) in [5.41, 5.74) is -0.00333. The lowest BCUT2D eigenvalue weighted by Crippen LogP contribution is -2.62. The molecule has 1 aliphatic rings. The molecule has 0 bridgehead atoms. The molecule has 2 heterocycles. The molecule has 0 aliphatic carbocycles. The second-order valence-corrected chi connectivity index (χ2v) is 8.54. The van der Waals surface area contributed by atoms with Gasteiger partial charge >= 0.3 is 0 Å². The molecular weight excluding hydrogens is 456 g/mol. The fourth-order valence-electron chi connectivity index (χ4n) is 4.54. The van der Waals surface area contributed by atoms with Crippen molar-refractivity contribution in [2.45, 2.75) is 44.1 Å². The highest BCUT2D eigenvalue weighted by atomic mass is 16.7. The number of rotatable bonds is 9. The fraction of sp³-hybridized carbons (Fsp3) is 0.435. The quantitative estimate of drug-likeness (QED) is 0.273. The van der Waals surface area contributed by atoms with Crippen LogP contribution in [0.4, 0.5) is 5.69 Å². The van der Waals surface area contributed by atoms with Crippen LogP contribution in [0, 0.1) is 10.1 Å². The van der Waals surface area contributed by atoms with Crippen molar-refractivity contribution in [3.8, 4) is 5.75 Å². The Bertz CT molecular complexity index is 1170. The topological polar surface area (TPSA) is 138 Å². The number of aliphatic hydroxyl groups excluding tert-OH is 1. The summed E-state index contributed by atoms with van der Waals surface area (Å²) in [4.78, 5) is 14.4. The minimum absolute atomic E-state index is 0.111. The maximum atomic E-state index is 11.8. The first-order valence-electron chi connectivity index (χ1n) is 11.0. The molecule has 2 aromatic carbocycles. The highest BCUT2D eigenvalue weighted by Gasteiger charge is 2.54. The zero-order chi connectivity index (χ0) is 25.2. The Morgan fingerprint density at radius 1 is 1.23 bits per heavy atom. The minimum atomic E-state index is -1.33. The number of nitro benzene ring substituents is 1. The van der Waals surface area contributed by atoms with Gasteiger partial charge in [0.25, 0.3) is 5.69 Å². The highest BCUT2D eigenvalue weighted by Crippen LogP contribution is 2.46. The van der Waals surface area contributed by atoms with Gasteiger partial charge in [0.2, 0.25) is 0 Å². The van der Waals surface area contributed by atoms with Crippen molar-refractivity contribution in [2.75, 3.05) is 14.2 Å². The standard InChI is InChI=1S/C23H28N6O6/c1-23(22(33-3)34-4)21(30)20(17-12-16(29(31)32)10-11-18(17)35-23)28(13-15-8-6-5-7-9-15)14-19-24-26-27(2)25-19/h5-12,20-22,30H,13-14H2,1-4H3/t20-,21+,23+/m1/s1. The summed E-state index contributed by atoms with van der Waals surface area (Å²) >= 11 is 0. The SMILES string of the molecule is COC(OC)[C@@]1(C)Oc2ccc([N+](=O)[O-])cc2[C@@H](N(Cc2ccccc2)Cc2nnn(C)n2)[C@@H]1O. The number of hydrogen-bond donors (Lipinski definition) is 1. The zero-order valence-electron chi connectivity index (χ0n) is 19.9. The van der Waals surface area contributed by atoms with Gasteiger partial charge in [0.05, 0.1) is 24.6 Å². The first-order chi connectivity index (χ1) is 16.8. The molecule has 0 saturated heterocycles. The van der Waals surface area contributed by atoms with Crippen molar-refractivity contribution >= 4 is 5.69 Å². The first kappa shape index (κ1) is 24.7. The van der Waals surface area contributed by atoms with Gasteiger partial charge in [0.1, 0.15) is 11.9 Å². The van der Waals surface area contributed by atoms with Crippen molar-refractivity contribution in [3.63, 3.8) is 0 Å². The maximum Gasteiger partial charge on any atom is 0.270 e. The number of nitro groups is 1. The first-order valence-corrected chi connectivity index (χ1v) is 11.0. The van der Waals surface area contributed by atoms with Crippen molar-refractivity contribution < 1.29 is 24.2 Å². The zero-order valence-corrected chi connectivity index (χ0v) is 19.9. The molecular formula is C23H28N6O6. The predicted octanol–water partition coefficient (Wildman–Crippen LogP) is 1.99. The van der Waals surface area contributed by atoms with Crippen LogP contribution < -0.4 is 4.74 Å². The van der Waals surface area contributed by atoms with E-state index in [-0.39, 0.29) is 12.2 Å². The second-order valence-electron chi connectivity index (χ2n) is 8.54. The average molecular weight is 485 g/mol. The number of benzene rings is 2. The third-order valence-corrected chi connectivity index (χ3v) is 6.15. The van der Waals surface area contributed by atoms with Crippen LogP contribution in [0.5, 0.6) is 5.75 Å². The lowest BCUT2D eigenvalue weighted by molar-refractivity contribution is -0.385. The molecule has 4 rings (SSSR count). The Kier molecular flexibility index (Phi) is 7.08. The summed E-state index contributed by atoms with van der Waals surface area (Å²) in [6.07, 6.45) is -2.13. The van der Waals surface area contributed by atoms with Crippen LogP contribution in [-0.4, -0.2) is 67.4 Å². The number of methoxy groups -OCH3 is 2.